The second-order valence-electron chi connectivity index (χ2n) is 7.74. The van der Waals surface area contributed by atoms with E-state index in [1.165, 1.54) is 10.5 Å². The summed E-state index contributed by atoms with van der Waals surface area (Å²) in [5, 5.41) is 19.1. The number of piperidine rings is 1. The number of nitrogens with zero attached hydrogens (tertiary/aromatic N) is 2. The molecular weight excluding hydrogens is 348 g/mol. The lowest BCUT2D eigenvalue weighted by atomic mass is 9.91. The first-order valence-electron chi connectivity index (χ1n) is 9.39. The van der Waals surface area contributed by atoms with Gasteiger partial charge in [-0.15, -0.1) is 0 Å². The molecule has 0 radical (unpaired) electrons. The van der Waals surface area contributed by atoms with Crippen molar-refractivity contribution in [2.45, 2.75) is 44.6 Å². The van der Waals surface area contributed by atoms with Gasteiger partial charge < -0.3 is 20.0 Å². The van der Waals surface area contributed by atoms with Crippen LogP contribution >= 0.6 is 0 Å². The summed E-state index contributed by atoms with van der Waals surface area (Å²) in [5.41, 5.74) is 0.205. The van der Waals surface area contributed by atoms with Crippen molar-refractivity contribution in [1.82, 2.24) is 4.90 Å². The van der Waals surface area contributed by atoms with Crippen LogP contribution in [0.2, 0.25) is 0 Å². The molecule has 1 aromatic rings. The quantitative estimate of drug-likeness (QED) is 0.780. The Hall–Kier alpha value is -2.41. The number of carboxylic acids is 1. The minimum absolute atomic E-state index is 0.0185. The monoisotopic (exact) mass is 374 g/mol. The average Bonchev–Trinajstić information content (AvgIpc) is 3.03. The zero-order valence-electron chi connectivity index (χ0n) is 15.7. The summed E-state index contributed by atoms with van der Waals surface area (Å²) in [6.45, 7) is 5.00. The van der Waals surface area contributed by atoms with E-state index >= 15 is 0 Å². The van der Waals surface area contributed by atoms with Crippen molar-refractivity contribution < 1.29 is 24.6 Å². The van der Waals surface area contributed by atoms with Gasteiger partial charge in [-0.25, -0.2) is 4.79 Å². The van der Waals surface area contributed by atoms with E-state index in [0.717, 1.165) is 5.69 Å². The molecule has 0 saturated carbocycles. The summed E-state index contributed by atoms with van der Waals surface area (Å²) in [4.78, 5) is 39.8. The number of hydrogen-bond donors (Lipinski definition) is 2. The number of amides is 2. The van der Waals surface area contributed by atoms with Gasteiger partial charge in [0.05, 0.1) is 0 Å². The van der Waals surface area contributed by atoms with E-state index in [4.69, 9.17) is 5.11 Å². The van der Waals surface area contributed by atoms with E-state index in [1.807, 2.05) is 24.3 Å². The number of aliphatic carboxylic acids is 1. The van der Waals surface area contributed by atoms with Crippen LogP contribution in [0.4, 0.5) is 5.69 Å². The predicted octanol–water partition coefficient (Wildman–Crippen LogP) is 1.60. The van der Waals surface area contributed by atoms with Crippen LogP contribution in [0.5, 0.6) is 0 Å². The molecule has 146 valence electrons. The van der Waals surface area contributed by atoms with E-state index in [2.05, 4.69) is 13.8 Å². The first kappa shape index (κ1) is 19.4. The number of likely N-dealkylation sites (tertiary alicyclic amines) is 1. The molecule has 0 bridgehead atoms. The van der Waals surface area contributed by atoms with Gasteiger partial charge in [-0.2, -0.15) is 0 Å². The third-order valence-electron chi connectivity index (χ3n) is 5.68. The fourth-order valence-electron chi connectivity index (χ4n) is 3.74. The second-order valence-corrected chi connectivity index (χ2v) is 7.74. The number of anilines is 1. The fourth-order valence-corrected chi connectivity index (χ4v) is 3.74. The molecule has 1 aromatic carbocycles. The van der Waals surface area contributed by atoms with E-state index in [-0.39, 0.29) is 37.7 Å². The van der Waals surface area contributed by atoms with Crippen LogP contribution in [0.15, 0.2) is 24.3 Å². The average molecular weight is 374 g/mol. The molecule has 7 heteroatoms. The first-order valence-corrected chi connectivity index (χ1v) is 9.39. The maximum atomic E-state index is 12.8. The van der Waals surface area contributed by atoms with Crippen LogP contribution in [0.1, 0.15) is 44.6 Å². The van der Waals surface area contributed by atoms with Crippen LogP contribution in [0.3, 0.4) is 0 Å². The van der Waals surface area contributed by atoms with Crippen LogP contribution < -0.4 is 4.90 Å². The van der Waals surface area contributed by atoms with Crippen molar-refractivity contribution in [1.29, 1.82) is 0 Å². The highest BCUT2D eigenvalue weighted by Gasteiger charge is 2.44. The van der Waals surface area contributed by atoms with Gasteiger partial charge in [0.2, 0.25) is 11.8 Å². The normalized spacial score (nSPS) is 22.4. The van der Waals surface area contributed by atoms with Crippen molar-refractivity contribution in [3.8, 4) is 0 Å². The lowest BCUT2D eigenvalue weighted by Gasteiger charge is -2.36. The van der Waals surface area contributed by atoms with Crippen LogP contribution in [0.25, 0.3) is 0 Å². The molecule has 2 fully saturated rings. The summed E-state index contributed by atoms with van der Waals surface area (Å²) >= 11 is 0. The van der Waals surface area contributed by atoms with Gasteiger partial charge in [-0.05, 0) is 30.0 Å². The largest absolute Gasteiger partial charge is 0.479 e. The Morgan fingerprint density at radius 2 is 1.70 bits per heavy atom. The SMILES string of the molecule is CC(C)c1ccc(N2CCC(C(=O)N3CCC(O)(C(=O)O)CC3)C2=O)cc1. The van der Waals surface area contributed by atoms with E-state index in [9.17, 15) is 19.5 Å². The Kier molecular flexibility index (Phi) is 5.24. The Balaban J connectivity index is 1.65. The molecule has 2 heterocycles. The molecule has 2 aliphatic rings. The summed E-state index contributed by atoms with van der Waals surface area (Å²) in [7, 11) is 0. The highest BCUT2D eigenvalue weighted by molar-refractivity contribution is 6.09. The smallest absolute Gasteiger partial charge is 0.335 e. The van der Waals surface area contributed by atoms with Gasteiger partial charge in [0.1, 0.15) is 5.92 Å². The third kappa shape index (κ3) is 3.69. The Morgan fingerprint density at radius 3 is 2.22 bits per heavy atom. The van der Waals surface area contributed by atoms with Gasteiger partial charge in [0.15, 0.2) is 5.60 Å². The number of carbonyl (C=O) groups excluding carboxylic acids is 2. The standard InChI is InChI=1S/C20H26N2O5/c1-13(2)14-3-5-15(6-4-14)22-10-7-16(18(22)24)17(23)21-11-8-20(27,9-12-21)19(25)26/h3-6,13,16,27H,7-12H2,1-2H3,(H,25,26). The van der Waals surface area contributed by atoms with Gasteiger partial charge in [0.25, 0.3) is 0 Å². The Morgan fingerprint density at radius 1 is 1.11 bits per heavy atom. The van der Waals surface area contributed by atoms with Gasteiger partial charge in [0, 0.05) is 38.2 Å². The highest BCUT2D eigenvalue weighted by atomic mass is 16.4. The van der Waals surface area contributed by atoms with Crippen LogP contribution in [-0.2, 0) is 14.4 Å². The van der Waals surface area contributed by atoms with Crippen molar-refractivity contribution in [2.24, 2.45) is 5.92 Å². The molecule has 2 amide bonds. The zero-order chi connectivity index (χ0) is 19.8. The lowest BCUT2D eigenvalue weighted by Crippen LogP contribution is -2.52. The maximum absolute atomic E-state index is 12.8. The highest BCUT2D eigenvalue weighted by Crippen LogP contribution is 2.30. The van der Waals surface area contributed by atoms with Crippen LogP contribution in [0, 0.1) is 5.92 Å². The van der Waals surface area contributed by atoms with E-state index < -0.39 is 17.5 Å². The van der Waals surface area contributed by atoms with Crippen molar-refractivity contribution >= 4 is 23.5 Å². The van der Waals surface area contributed by atoms with Crippen molar-refractivity contribution in [2.75, 3.05) is 24.5 Å². The number of carboxylic acid groups (broad SMARTS) is 1. The molecule has 2 aliphatic heterocycles. The number of aliphatic hydroxyl groups is 1. The first-order chi connectivity index (χ1) is 12.7. The molecule has 1 unspecified atom stereocenters. The second kappa shape index (κ2) is 7.31. The molecule has 7 nitrogen and oxygen atoms in total. The summed E-state index contributed by atoms with van der Waals surface area (Å²) < 4.78 is 0. The Labute approximate surface area is 158 Å². The minimum atomic E-state index is -1.78. The van der Waals surface area contributed by atoms with Gasteiger partial charge in [-0.1, -0.05) is 26.0 Å². The number of hydrogen-bond acceptors (Lipinski definition) is 4. The molecule has 2 saturated heterocycles. The minimum Gasteiger partial charge on any atom is -0.479 e. The molecule has 2 N–H and O–H groups in total. The number of rotatable bonds is 4. The zero-order valence-corrected chi connectivity index (χ0v) is 15.7. The van der Waals surface area contributed by atoms with Gasteiger partial charge in [-0.3, -0.25) is 9.59 Å². The fraction of sp³-hybridized carbons (Fsp3) is 0.550. The summed E-state index contributed by atoms with van der Waals surface area (Å²) in [5.74, 6) is -2.07. The van der Waals surface area contributed by atoms with E-state index in [0.29, 0.717) is 18.9 Å². The molecule has 3 rings (SSSR count). The van der Waals surface area contributed by atoms with Crippen molar-refractivity contribution in [3.63, 3.8) is 0 Å². The molecule has 1 atom stereocenters. The summed E-state index contributed by atoms with van der Waals surface area (Å²) in [6, 6.07) is 7.82. The van der Waals surface area contributed by atoms with Crippen LogP contribution in [-0.4, -0.2) is 58.1 Å². The molecular formula is C20H26N2O5. The summed E-state index contributed by atoms with van der Waals surface area (Å²) in [6.07, 6.45) is 0.411. The van der Waals surface area contributed by atoms with Gasteiger partial charge >= 0.3 is 5.97 Å². The molecule has 27 heavy (non-hydrogen) atoms. The number of benzene rings is 1. The lowest BCUT2D eigenvalue weighted by molar-refractivity contribution is -0.166. The third-order valence-corrected chi connectivity index (χ3v) is 5.68. The maximum Gasteiger partial charge on any atom is 0.335 e. The predicted molar refractivity (Wildman–Crippen MR) is 99.4 cm³/mol. The van der Waals surface area contributed by atoms with E-state index in [1.54, 1.807) is 4.90 Å². The number of carbonyl (C=O) groups is 3. The van der Waals surface area contributed by atoms with Crippen molar-refractivity contribution in [3.05, 3.63) is 29.8 Å². The Bertz CT molecular complexity index is 735. The molecule has 0 aliphatic carbocycles. The molecule has 0 spiro atoms. The molecule has 0 aromatic heterocycles. The topological polar surface area (TPSA) is 98.2 Å².